The number of halogens is 1. The molecule has 1 aromatic carbocycles. The molecule has 22 heavy (non-hydrogen) atoms. The van der Waals surface area contributed by atoms with Gasteiger partial charge in [0, 0.05) is 42.8 Å². The van der Waals surface area contributed by atoms with Crippen molar-refractivity contribution < 1.29 is 5.11 Å². The molecule has 1 aromatic heterocycles. The van der Waals surface area contributed by atoms with Crippen LogP contribution in [0.1, 0.15) is 23.8 Å². The molecule has 4 nitrogen and oxygen atoms in total. The van der Waals surface area contributed by atoms with Gasteiger partial charge in [0.15, 0.2) is 0 Å². The number of aliphatic hydroxyl groups excluding tert-OH is 1. The first-order valence-electron chi connectivity index (χ1n) is 7.12. The third-order valence-electron chi connectivity index (χ3n) is 3.35. The second-order valence-electron chi connectivity index (χ2n) is 5.00. The van der Waals surface area contributed by atoms with Gasteiger partial charge in [0.2, 0.25) is 0 Å². The van der Waals surface area contributed by atoms with Crippen LogP contribution in [0.15, 0.2) is 48.7 Å². The number of pyridine rings is 1. The van der Waals surface area contributed by atoms with E-state index in [4.69, 9.17) is 16.9 Å². The van der Waals surface area contributed by atoms with Crippen LogP contribution in [0.3, 0.4) is 0 Å². The highest BCUT2D eigenvalue weighted by Gasteiger charge is 2.16. The molecule has 0 saturated carbocycles. The Morgan fingerprint density at radius 1 is 1.23 bits per heavy atom. The molecular formula is C17H18ClN3O. The van der Waals surface area contributed by atoms with Crippen molar-refractivity contribution in [1.82, 2.24) is 9.88 Å². The Hall–Kier alpha value is -1.93. The van der Waals surface area contributed by atoms with Crippen LogP contribution in [0.4, 0.5) is 0 Å². The summed E-state index contributed by atoms with van der Waals surface area (Å²) in [5.74, 6) is 0. The molecule has 114 valence electrons. The molecule has 2 aromatic rings. The fraction of sp³-hybridized carbons (Fsp3) is 0.294. The van der Waals surface area contributed by atoms with Gasteiger partial charge in [-0.05, 0) is 18.2 Å². The molecule has 0 aliphatic heterocycles. The highest BCUT2D eigenvalue weighted by molar-refractivity contribution is 6.31. The zero-order chi connectivity index (χ0) is 15.8. The van der Waals surface area contributed by atoms with E-state index in [0.717, 1.165) is 5.69 Å². The van der Waals surface area contributed by atoms with E-state index in [1.807, 2.05) is 41.3 Å². The summed E-state index contributed by atoms with van der Waals surface area (Å²) < 4.78 is 0. The standard InChI is InChI=1S/C17H18ClN3O/c18-16-8-2-1-7-15(16)17(22)13-21(11-5-9-19)12-14-6-3-4-10-20-14/h1-4,6-8,10,17,22H,5,11-13H2. The molecule has 5 heteroatoms. The summed E-state index contributed by atoms with van der Waals surface area (Å²) in [6.45, 7) is 1.57. The first-order valence-corrected chi connectivity index (χ1v) is 7.50. The van der Waals surface area contributed by atoms with Crippen molar-refractivity contribution in [2.24, 2.45) is 0 Å². The average molecular weight is 316 g/mol. The maximum atomic E-state index is 10.4. The van der Waals surface area contributed by atoms with E-state index in [9.17, 15) is 5.11 Å². The van der Waals surface area contributed by atoms with Gasteiger partial charge >= 0.3 is 0 Å². The maximum Gasteiger partial charge on any atom is 0.0931 e. The largest absolute Gasteiger partial charge is 0.387 e. The van der Waals surface area contributed by atoms with Crippen molar-refractivity contribution >= 4 is 11.6 Å². The van der Waals surface area contributed by atoms with Crippen LogP contribution in [0.25, 0.3) is 0 Å². The molecule has 1 atom stereocenters. The fourth-order valence-electron chi connectivity index (χ4n) is 2.25. The summed E-state index contributed by atoms with van der Waals surface area (Å²) in [4.78, 5) is 6.31. The topological polar surface area (TPSA) is 60.2 Å². The summed E-state index contributed by atoms with van der Waals surface area (Å²) in [6.07, 6.45) is 1.45. The van der Waals surface area contributed by atoms with Crippen LogP contribution in [-0.4, -0.2) is 28.1 Å². The quantitative estimate of drug-likeness (QED) is 0.852. The third-order valence-corrected chi connectivity index (χ3v) is 3.69. The Balaban J connectivity index is 2.06. The van der Waals surface area contributed by atoms with Crippen molar-refractivity contribution in [3.63, 3.8) is 0 Å². The molecule has 2 rings (SSSR count). The highest BCUT2D eigenvalue weighted by atomic mass is 35.5. The Labute approximate surface area is 135 Å². The van der Waals surface area contributed by atoms with Crippen molar-refractivity contribution in [3.8, 4) is 6.07 Å². The zero-order valence-electron chi connectivity index (χ0n) is 12.2. The average Bonchev–Trinajstić information content (AvgIpc) is 2.54. The number of rotatable bonds is 7. The number of nitriles is 1. The van der Waals surface area contributed by atoms with E-state index >= 15 is 0 Å². The van der Waals surface area contributed by atoms with E-state index in [1.54, 1.807) is 12.3 Å². The molecule has 1 heterocycles. The van der Waals surface area contributed by atoms with Crippen molar-refractivity contribution in [2.75, 3.05) is 13.1 Å². The lowest BCUT2D eigenvalue weighted by atomic mass is 10.1. The number of aliphatic hydroxyl groups is 1. The second-order valence-corrected chi connectivity index (χ2v) is 5.41. The molecule has 0 fully saturated rings. The molecule has 0 amide bonds. The van der Waals surface area contributed by atoms with Crippen molar-refractivity contribution in [3.05, 3.63) is 64.9 Å². The monoisotopic (exact) mass is 315 g/mol. The summed E-state index contributed by atoms with van der Waals surface area (Å²) in [5, 5.41) is 19.8. The van der Waals surface area contributed by atoms with Crippen LogP contribution < -0.4 is 0 Å². The summed E-state index contributed by atoms with van der Waals surface area (Å²) in [5.41, 5.74) is 1.61. The predicted octanol–water partition coefficient (Wildman–Crippen LogP) is 3.18. The van der Waals surface area contributed by atoms with E-state index in [-0.39, 0.29) is 0 Å². The fourth-order valence-corrected chi connectivity index (χ4v) is 2.51. The van der Waals surface area contributed by atoms with Gasteiger partial charge in [-0.2, -0.15) is 5.26 Å². The number of aromatic nitrogens is 1. The van der Waals surface area contributed by atoms with Crippen molar-refractivity contribution in [2.45, 2.75) is 19.1 Å². The minimum atomic E-state index is -0.698. The molecular weight excluding hydrogens is 298 g/mol. The Morgan fingerprint density at radius 2 is 2.00 bits per heavy atom. The third kappa shape index (κ3) is 4.81. The van der Waals surface area contributed by atoms with Gasteiger partial charge in [0.25, 0.3) is 0 Å². The molecule has 0 radical (unpaired) electrons. The number of hydrogen-bond donors (Lipinski definition) is 1. The van der Waals surface area contributed by atoms with Crippen LogP contribution in [-0.2, 0) is 6.54 Å². The first-order chi connectivity index (χ1) is 10.7. The first kappa shape index (κ1) is 16.4. The minimum Gasteiger partial charge on any atom is -0.387 e. The Morgan fingerprint density at radius 3 is 2.68 bits per heavy atom. The van der Waals surface area contributed by atoms with E-state index in [1.165, 1.54) is 0 Å². The smallest absolute Gasteiger partial charge is 0.0931 e. The molecule has 0 aliphatic rings. The molecule has 1 unspecified atom stereocenters. The Kier molecular flexibility index (Phi) is 6.35. The minimum absolute atomic E-state index is 0.405. The van der Waals surface area contributed by atoms with Gasteiger partial charge in [-0.25, -0.2) is 0 Å². The lowest BCUT2D eigenvalue weighted by Gasteiger charge is -2.24. The second kappa shape index (κ2) is 8.50. The lowest BCUT2D eigenvalue weighted by molar-refractivity contribution is 0.109. The predicted molar refractivity (Wildman–Crippen MR) is 86.2 cm³/mol. The van der Waals surface area contributed by atoms with Crippen LogP contribution in [0.2, 0.25) is 5.02 Å². The molecule has 0 bridgehead atoms. The van der Waals surface area contributed by atoms with Crippen LogP contribution >= 0.6 is 11.6 Å². The molecule has 0 saturated heterocycles. The zero-order valence-corrected chi connectivity index (χ0v) is 12.9. The summed E-state index contributed by atoms with van der Waals surface area (Å²) in [6, 6.07) is 15.1. The van der Waals surface area contributed by atoms with Crippen molar-refractivity contribution in [1.29, 1.82) is 5.26 Å². The maximum absolute atomic E-state index is 10.4. The van der Waals surface area contributed by atoms with Gasteiger partial charge in [-0.1, -0.05) is 35.9 Å². The van der Waals surface area contributed by atoms with E-state index in [0.29, 0.717) is 36.6 Å². The molecule has 1 N–H and O–H groups in total. The van der Waals surface area contributed by atoms with E-state index < -0.39 is 6.10 Å². The molecule has 0 aliphatic carbocycles. The van der Waals surface area contributed by atoms with Gasteiger partial charge in [0.05, 0.1) is 17.9 Å². The normalized spacial score (nSPS) is 12.1. The highest BCUT2D eigenvalue weighted by Crippen LogP contribution is 2.23. The van der Waals surface area contributed by atoms with Gasteiger partial charge in [-0.15, -0.1) is 0 Å². The summed E-state index contributed by atoms with van der Waals surface area (Å²) in [7, 11) is 0. The van der Waals surface area contributed by atoms with Gasteiger partial charge < -0.3 is 5.11 Å². The van der Waals surface area contributed by atoms with Crippen LogP contribution in [0.5, 0.6) is 0 Å². The van der Waals surface area contributed by atoms with Gasteiger partial charge in [-0.3, -0.25) is 9.88 Å². The SMILES string of the molecule is N#CCCN(Cc1ccccn1)CC(O)c1ccccc1Cl. The number of benzene rings is 1. The lowest BCUT2D eigenvalue weighted by Crippen LogP contribution is -2.29. The Bertz CT molecular complexity index is 627. The number of hydrogen-bond acceptors (Lipinski definition) is 4. The van der Waals surface area contributed by atoms with Crippen LogP contribution in [0, 0.1) is 11.3 Å². The summed E-state index contributed by atoms with van der Waals surface area (Å²) >= 11 is 6.12. The number of nitrogens with zero attached hydrogens (tertiary/aromatic N) is 3. The molecule has 0 spiro atoms. The van der Waals surface area contributed by atoms with E-state index in [2.05, 4.69) is 11.1 Å². The van der Waals surface area contributed by atoms with Gasteiger partial charge in [0.1, 0.15) is 0 Å².